The molecular formula is C30H25F4N9O2S. The van der Waals surface area contributed by atoms with Crippen molar-refractivity contribution in [2.45, 2.75) is 25.4 Å². The minimum atomic E-state index is -3.50. The van der Waals surface area contributed by atoms with Crippen LogP contribution in [0.5, 0.6) is 0 Å². The zero-order chi connectivity index (χ0) is 32.2. The summed E-state index contributed by atoms with van der Waals surface area (Å²) in [4.78, 5) is 22.2. The van der Waals surface area contributed by atoms with Crippen LogP contribution in [0, 0.1) is 11.6 Å². The summed E-state index contributed by atoms with van der Waals surface area (Å²) in [6.45, 7) is 0.0583. The Morgan fingerprint density at radius 3 is 2.61 bits per heavy atom. The Morgan fingerprint density at radius 1 is 1.00 bits per heavy atom. The molecule has 0 amide bonds. The zero-order valence-electron chi connectivity index (χ0n) is 24.2. The highest BCUT2D eigenvalue weighted by Gasteiger charge is 2.38. The summed E-state index contributed by atoms with van der Waals surface area (Å²) in [5.74, 6) is -3.76. The predicted molar refractivity (Wildman–Crippen MR) is 162 cm³/mol. The Labute approximate surface area is 259 Å². The zero-order valence-corrected chi connectivity index (χ0v) is 25.0. The summed E-state index contributed by atoms with van der Waals surface area (Å²) >= 11 is 0. The minimum Gasteiger partial charge on any atom is -0.321 e. The van der Waals surface area contributed by atoms with E-state index in [4.69, 9.17) is 0 Å². The van der Waals surface area contributed by atoms with Gasteiger partial charge in [0.15, 0.2) is 17.1 Å². The van der Waals surface area contributed by atoms with Crippen LogP contribution in [-0.4, -0.2) is 73.7 Å². The summed E-state index contributed by atoms with van der Waals surface area (Å²) in [7, 11) is -3.50. The lowest BCUT2D eigenvalue weighted by molar-refractivity contribution is 0.0115. The third-order valence-electron chi connectivity index (χ3n) is 7.70. The van der Waals surface area contributed by atoms with Gasteiger partial charge in [-0.3, -0.25) is 15.0 Å². The van der Waals surface area contributed by atoms with Gasteiger partial charge >= 0.3 is 0 Å². The molecule has 1 saturated heterocycles. The van der Waals surface area contributed by atoms with E-state index in [1.54, 1.807) is 29.3 Å². The first-order valence-corrected chi connectivity index (χ1v) is 16.0. The Balaban J connectivity index is 1.25. The molecular weight excluding hydrogens is 626 g/mol. The van der Waals surface area contributed by atoms with Gasteiger partial charge in [-0.25, -0.2) is 45.7 Å². The third-order valence-corrected chi connectivity index (χ3v) is 8.37. The molecule has 5 aromatic heterocycles. The van der Waals surface area contributed by atoms with Gasteiger partial charge in [-0.05, 0) is 47.0 Å². The van der Waals surface area contributed by atoms with Gasteiger partial charge in [-0.2, -0.15) is 5.10 Å². The van der Waals surface area contributed by atoms with Gasteiger partial charge in [0.25, 0.3) is 5.92 Å². The van der Waals surface area contributed by atoms with Crippen LogP contribution in [0.2, 0.25) is 0 Å². The van der Waals surface area contributed by atoms with Crippen LogP contribution in [0.4, 0.5) is 17.6 Å². The second-order valence-corrected chi connectivity index (χ2v) is 13.1. The number of nitrogens with one attached hydrogen (secondary N) is 3. The van der Waals surface area contributed by atoms with Gasteiger partial charge in [-0.1, -0.05) is 0 Å². The SMILES string of the molecule is CS(=O)(=O)NCc1cc(F)cc(-c2ccnc3[nH]c(-c4n[nH]c5ncc(-c6cncc(CN7CCC(F)(F)C7)c6)c(F)c45)nc23)c1. The average molecular weight is 652 g/mol. The average Bonchev–Trinajstić information content (AvgIpc) is 3.72. The quantitative estimate of drug-likeness (QED) is 0.199. The maximum atomic E-state index is 16.2. The number of sulfonamides is 1. The van der Waals surface area contributed by atoms with E-state index in [0.29, 0.717) is 39.0 Å². The fourth-order valence-electron chi connectivity index (χ4n) is 5.63. The number of aromatic nitrogens is 7. The van der Waals surface area contributed by atoms with Crippen molar-refractivity contribution in [2.24, 2.45) is 0 Å². The number of imidazole rings is 1. The summed E-state index contributed by atoms with van der Waals surface area (Å²) in [6, 6.07) is 7.51. The second kappa shape index (κ2) is 11.2. The number of hydrogen-bond donors (Lipinski definition) is 3. The molecule has 0 bridgehead atoms. The fourth-order valence-corrected chi connectivity index (χ4v) is 6.06. The molecule has 0 spiro atoms. The lowest BCUT2D eigenvalue weighted by atomic mass is 10.0. The molecule has 236 valence electrons. The molecule has 0 radical (unpaired) electrons. The number of hydrogen-bond acceptors (Lipinski definition) is 8. The van der Waals surface area contributed by atoms with E-state index >= 15 is 4.39 Å². The minimum absolute atomic E-state index is 0.0579. The second-order valence-electron chi connectivity index (χ2n) is 11.3. The van der Waals surface area contributed by atoms with Gasteiger partial charge < -0.3 is 4.98 Å². The number of aromatic amines is 2. The molecule has 16 heteroatoms. The van der Waals surface area contributed by atoms with Gasteiger partial charge in [0.1, 0.15) is 22.8 Å². The molecule has 1 aromatic carbocycles. The molecule has 11 nitrogen and oxygen atoms in total. The van der Waals surface area contributed by atoms with E-state index < -0.39 is 27.6 Å². The van der Waals surface area contributed by atoms with Crippen LogP contribution in [0.25, 0.3) is 56.0 Å². The Hall–Kier alpha value is -4.80. The maximum absolute atomic E-state index is 16.2. The van der Waals surface area contributed by atoms with E-state index in [1.165, 1.54) is 30.7 Å². The summed E-state index contributed by atoms with van der Waals surface area (Å²) in [6.07, 6.45) is 6.71. The maximum Gasteiger partial charge on any atom is 0.261 e. The van der Waals surface area contributed by atoms with Crippen molar-refractivity contribution in [1.82, 2.24) is 44.7 Å². The highest BCUT2D eigenvalue weighted by Crippen LogP contribution is 2.35. The lowest BCUT2D eigenvalue weighted by Gasteiger charge is -2.15. The normalized spacial score (nSPS) is 15.3. The number of fused-ring (bicyclic) bond motifs is 2. The number of rotatable bonds is 8. The number of pyridine rings is 3. The van der Waals surface area contributed by atoms with E-state index in [9.17, 15) is 21.6 Å². The monoisotopic (exact) mass is 651 g/mol. The molecule has 3 N–H and O–H groups in total. The van der Waals surface area contributed by atoms with Gasteiger partial charge in [-0.15, -0.1) is 0 Å². The number of alkyl halides is 2. The first kappa shape index (κ1) is 29.9. The summed E-state index contributed by atoms with van der Waals surface area (Å²) in [5.41, 5.74) is 3.54. The molecule has 7 rings (SSSR count). The van der Waals surface area contributed by atoms with E-state index in [-0.39, 0.29) is 60.7 Å². The molecule has 0 unspecified atom stereocenters. The Morgan fingerprint density at radius 2 is 1.83 bits per heavy atom. The number of likely N-dealkylation sites (tertiary alicyclic amines) is 1. The molecule has 6 heterocycles. The number of benzene rings is 1. The fraction of sp³-hybridized carbons (Fsp3) is 0.233. The predicted octanol–water partition coefficient (Wildman–Crippen LogP) is 4.79. The molecule has 0 aliphatic carbocycles. The van der Waals surface area contributed by atoms with Crippen molar-refractivity contribution in [2.75, 3.05) is 19.3 Å². The number of H-pyrrole nitrogens is 2. The van der Waals surface area contributed by atoms with E-state index in [2.05, 4.69) is 39.8 Å². The Kier molecular flexibility index (Phi) is 7.29. The van der Waals surface area contributed by atoms with Crippen LogP contribution in [0.15, 0.2) is 55.1 Å². The molecule has 1 fully saturated rings. The van der Waals surface area contributed by atoms with Crippen LogP contribution >= 0.6 is 0 Å². The third kappa shape index (κ3) is 5.93. The highest BCUT2D eigenvalue weighted by molar-refractivity contribution is 7.88. The molecule has 6 aromatic rings. The van der Waals surface area contributed by atoms with Gasteiger partial charge in [0.2, 0.25) is 10.0 Å². The van der Waals surface area contributed by atoms with Crippen molar-refractivity contribution in [3.63, 3.8) is 0 Å². The van der Waals surface area contributed by atoms with Crippen LogP contribution < -0.4 is 4.72 Å². The molecule has 0 saturated carbocycles. The summed E-state index contributed by atoms with van der Waals surface area (Å²) in [5, 5.41) is 7.05. The van der Waals surface area contributed by atoms with E-state index in [0.717, 1.165) is 6.26 Å². The van der Waals surface area contributed by atoms with Gasteiger partial charge in [0.05, 0.1) is 18.2 Å². The van der Waals surface area contributed by atoms with Crippen molar-refractivity contribution in [1.29, 1.82) is 0 Å². The Bertz CT molecular complexity index is 2240. The van der Waals surface area contributed by atoms with Crippen molar-refractivity contribution >= 4 is 32.2 Å². The van der Waals surface area contributed by atoms with Crippen LogP contribution in [0.1, 0.15) is 17.5 Å². The van der Waals surface area contributed by atoms with Crippen LogP contribution in [-0.2, 0) is 23.1 Å². The molecule has 1 aliphatic rings. The topological polar surface area (TPSA) is 145 Å². The highest BCUT2D eigenvalue weighted by atomic mass is 32.2. The standard InChI is InChI=1S/C30H25F4N9O2S/c1-46(44,45)38-11-16-6-18(9-20(31)8-16)21-2-4-36-28-25(21)39-29(40-28)26-23-24(32)22(13-37-27(23)42-41-26)19-7-17(10-35-12-19)14-43-5-3-30(33,34)15-43/h2,4,6-10,12-13,38H,3,5,11,14-15H2,1H3,(H,36,39,40)(H,37,41,42). The van der Waals surface area contributed by atoms with E-state index in [1.807, 2.05) is 0 Å². The molecule has 46 heavy (non-hydrogen) atoms. The summed E-state index contributed by atoms with van der Waals surface area (Å²) < 4.78 is 83.7. The van der Waals surface area contributed by atoms with Crippen molar-refractivity contribution in [3.8, 4) is 33.8 Å². The number of halogens is 4. The molecule has 1 aliphatic heterocycles. The first-order valence-electron chi connectivity index (χ1n) is 14.1. The smallest absolute Gasteiger partial charge is 0.261 e. The first-order chi connectivity index (χ1) is 21.9. The number of nitrogens with zero attached hydrogens (tertiary/aromatic N) is 6. The molecule has 0 atom stereocenters. The van der Waals surface area contributed by atoms with Crippen molar-refractivity contribution in [3.05, 3.63) is 77.9 Å². The van der Waals surface area contributed by atoms with Gasteiger partial charge in [0, 0.05) is 67.5 Å². The largest absolute Gasteiger partial charge is 0.321 e. The van der Waals surface area contributed by atoms with Crippen LogP contribution in [0.3, 0.4) is 0 Å². The lowest BCUT2D eigenvalue weighted by Crippen LogP contribution is -2.24. The van der Waals surface area contributed by atoms with Crippen molar-refractivity contribution < 1.29 is 26.0 Å².